The fourth-order valence-corrected chi connectivity index (χ4v) is 3.69. The summed E-state index contributed by atoms with van der Waals surface area (Å²) in [6.07, 6.45) is 4.94. The van der Waals surface area contributed by atoms with Gasteiger partial charge < -0.3 is 9.64 Å². The molecule has 1 aromatic rings. The number of aromatic nitrogens is 1. The summed E-state index contributed by atoms with van der Waals surface area (Å²) in [5.41, 5.74) is 1.69. The Labute approximate surface area is 154 Å². The van der Waals surface area contributed by atoms with Gasteiger partial charge in [-0.3, -0.25) is 5.41 Å². The molecule has 24 heavy (non-hydrogen) atoms. The molecule has 0 saturated heterocycles. The number of nitrogens with one attached hydrogen (secondary N) is 1. The van der Waals surface area contributed by atoms with Crippen molar-refractivity contribution in [3.63, 3.8) is 0 Å². The lowest BCUT2D eigenvalue weighted by atomic mass is 9.80. The van der Waals surface area contributed by atoms with Gasteiger partial charge in [-0.05, 0) is 73.4 Å². The van der Waals surface area contributed by atoms with Gasteiger partial charge in [0.1, 0.15) is 11.9 Å². The van der Waals surface area contributed by atoms with Gasteiger partial charge in [0.2, 0.25) is 5.88 Å². The predicted molar refractivity (Wildman–Crippen MR) is 103 cm³/mol. The van der Waals surface area contributed by atoms with E-state index in [0.29, 0.717) is 11.7 Å². The van der Waals surface area contributed by atoms with E-state index in [1.54, 1.807) is 0 Å². The highest BCUT2D eigenvalue weighted by Gasteiger charge is 2.25. The highest BCUT2D eigenvalue weighted by molar-refractivity contribution is 9.10. The van der Waals surface area contributed by atoms with Gasteiger partial charge in [0, 0.05) is 19.2 Å². The van der Waals surface area contributed by atoms with Crippen molar-refractivity contribution in [1.29, 1.82) is 5.41 Å². The summed E-state index contributed by atoms with van der Waals surface area (Å²) in [4.78, 5) is 6.53. The van der Waals surface area contributed by atoms with E-state index in [-0.39, 0.29) is 6.10 Å². The van der Waals surface area contributed by atoms with Gasteiger partial charge in [0.05, 0.1) is 10.2 Å². The summed E-state index contributed by atoms with van der Waals surface area (Å²) in [7, 11) is 1.92. The van der Waals surface area contributed by atoms with Crippen molar-refractivity contribution in [3.05, 3.63) is 21.8 Å². The van der Waals surface area contributed by atoms with Crippen LogP contribution in [0.4, 0.5) is 0 Å². The molecule has 1 aliphatic carbocycles. The van der Waals surface area contributed by atoms with Crippen molar-refractivity contribution in [2.24, 2.45) is 11.8 Å². The van der Waals surface area contributed by atoms with E-state index < -0.39 is 0 Å². The molecule has 0 spiro atoms. The van der Waals surface area contributed by atoms with Crippen molar-refractivity contribution in [1.82, 2.24) is 9.88 Å². The molecule has 0 unspecified atom stereocenters. The van der Waals surface area contributed by atoms with Crippen LogP contribution in [-0.2, 0) is 0 Å². The molecule has 0 radical (unpaired) electrons. The lowest BCUT2D eigenvalue weighted by Gasteiger charge is -2.31. The molecule has 1 aliphatic rings. The van der Waals surface area contributed by atoms with Gasteiger partial charge in [0.15, 0.2) is 0 Å². The summed E-state index contributed by atoms with van der Waals surface area (Å²) in [5.74, 6) is 2.75. The molecule has 0 bridgehead atoms. The highest BCUT2D eigenvalue weighted by Crippen LogP contribution is 2.34. The summed E-state index contributed by atoms with van der Waals surface area (Å²) in [6.45, 7) is 9.41. The molecular weight excluding hydrogens is 366 g/mol. The van der Waals surface area contributed by atoms with Crippen LogP contribution in [0.3, 0.4) is 0 Å². The molecule has 5 heteroatoms. The van der Waals surface area contributed by atoms with Gasteiger partial charge in [-0.2, -0.15) is 0 Å². The number of hydrogen-bond acceptors (Lipinski definition) is 3. The maximum absolute atomic E-state index is 8.28. The molecule has 0 atom stereocenters. The Kier molecular flexibility index (Phi) is 6.67. The molecule has 134 valence electrons. The standard InChI is InChI=1S/C19H30BrN3O/c1-6-23(5)18(21)16-11-17(20)19(22-13(16)4)24-15-9-7-14(8-10-15)12(2)3/h11-12,14-15,21H,6-10H2,1-5H3/t14-,15-. The smallest absolute Gasteiger partial charge is 0.228 e. The number of nitrogens with zero attached hydrogens (tertiary/aromatic N) is 2. The van der Waals surface area contributed by atoms with Crippen molar-refractivity contribution in [2.75, 3.05) is 13.6 Å². The van der Waals surface area contributed by atoms with Crippen LogP contribution in [0.1, 0.15) is 57.7 Å². The molecule has 1 fully saturated rings. The van der Waals surface area contributed by atoms with Crippen molar-refractivity contribution in [2.45, 2.75) is 59.5 Å². The fourth-order valence-electron chi connectivity index (χ4n) is 3.28. The first-order valence-electron chi connectivity index (χ1n) is 8.97. The number of amidine groups is 1. The fraction of sp³-hybridized carbons (Fsp3) is 0.684. The molecule has 0 aromatic carbocycles. The van der Waals surface area contributed by atoms with Crippen molar-refractivity contribution in [3.8, 4) is 5.88 Å². The zero-order valence-corrected chi connectivity index (χ0v) is 17.1. The second-order valence-electron chi connectivity index (χ2n) is 7.17. The Balaban J connectivity index is 2.07. The summed E-state index contributed by atoms with van der Waals surface area (Å²) in [6, 6.07) is 1.96. The van der Waals surface area contributed by atoms with E-state index in [2.05, 4.69) is 34.8 Å². The summed E-state index contributed by atoms with van der Waals surface area (Å²) < 4.78 is 7.01. The minimum Gasteiger partial charge on any atom is -0.474 e. The van der Waals surface area contributed by atoms with Gasteiger partial charge in [0.25, 0.3) is 0 Å². The quantitative estimate of drug-likeness (QED) is 0.561. The zero-order chi connectivity index (χ0) is 17.9. The number of aryl methyl sites for hydroxylation is 1. The van der Waals surface area contributed by atoms with E-state index in [0.717, 1.165) is 47.0 Å². The predicted octanol–water partition coefficient (Wildman–Crippen LogP) is 5.02. The maximum atomic E-state index is 8.28. The van der Waals surface area contributed by atoms with E-state index in [1.807, 2.05) is 31.9 Å². The minimum atomic E-state index is 0.256. The molecule has 1 N–H and O–H groups in total. The summed E-state index contributed by atoms with van der Waals surface area (Å²) in [5, 5.41) is 8.28. The van der Waals surface area contributed by atoms with Crippen LogP contribution in [0.2, 0.25) is 0 Å². The van der Waals surface area contributed by atoms with Gasteiger partial charge in [-0.25, -0.2) is 4.98 Å². The van der Waals surface area contributed by atoms with Crippen LogP contribution < -0.4 is 4.74 Å². The molecule has 0 aliphatic heterocycles. The Hall–Kier alpha value is -1.10. The van der Waals surface area contributed by atoms with Crippen molar-refractivity contribution < 1.29 is 4.74 Å². The Morgan fingerprint density at radius 3 is 2.54 bits per heavy atom. The highest BCUT2D eigenvalue weighted by atomic mass is 79.9. The SMILES string of the molecule is CCN(C)C(=N)c1cc(Br)c(O[C@H]2CC[C@H](C(C)C)CC2)nc1C. The monoisotopic (exact) mass is 395 g/mol. The van der Waals surface area contributed by atoms with E-state index in [9.17, 15) is 0 Å². The minimum absolute atomic E-state index is 0.256. The van der Waals surface area contributed by atoms with Crippen LogP contribution in [0, 0.1) is 24.2 Å². The van der Waals surface area contributed by atoms with Gasteiger partial charge in [-0.1, -0.05) is 13.8 Å². The van der Waals surface area contributed by atoms with Crippen LogP contribution in [0.25, 0.3) is 0 Å². The second-order valence-corrected chi connectivity index (χ2v) is 8.02. The molecule has 1 saturated carbocycles. The molecule has 4 nitrogen and oxygen atoms in total. The third-order valence-corrected chi connectivity index (χ3v) is 5.75. The Morgan fingerprint density at radius 1 is 1.38 bits per heavy atom. The molecule has 2 rings (SSSR count). The molecule has 1 aromatic heterocycles. The zero-order valence-electron chi connectivity index (χ0n) is 15.5. The average molecular weight is 396 g/mol. The third-order valence-electron chi connectivity index (χ3n) is 5.19. The van der Waals surface area contributed by atoms with E-state index in [4.69, 9.17) is 10.1 Å². The second kappa shape index (κ2) is 8.32. The number of pyridine rings is 1. The first kappa shape index (κ1) is 19.2. The summed E-state index contributed by atoms with van der Waals surface area (Å²) >= 11 is 3.58. The lowest BCUT2D eigenvalue weighted by molar-refractivity contribution is 0.111. The van der Waals surface area contributed by atoms with Crippen LogP contribution >= 0.6 is 15.9 Å². The Morgan fingerprint density at radius 2 is 2.00 bits per heavy atom. The third kappa shape index (κ3) is 4.50. The molecule has 1 heterocycles. The number of halogens is 1. The number of hydrogen-bond donors (Lipinski definition) is 1. The van der Waals surface area contributed by atoms with Crippen LogP contribution in [0.5, 0.6) is 5.88 Å². The number of ether oxygens (including phenoxy) is 1. The van der Waals surface area contributed by atoms with E-state index in [1.165, 1.54) is 12.8 Å². The van der Waals surface area contributed by atoms with E-state index >= 15 is 0 Å². The average Bonchev–Trinajstić information content (AvgIpc) is 2.57. The normalized spacial score (nSPS) is 21.0. The largest absolute Gasteiger partial charge is 0.474 e. The Bertz CT molecular complexity index is 580. The van der Waals surface area contributed by atoms with Gasteiger partial charge >= 0.3 is 0 Å². The van der Waals surface area contributed by atoms with Crippen LogP contribution in [-0.4, -0.2) is 35.4 Å². The molecule has 0 amide bonds. The van der Waals surface area contributed by atoms with Crippen LogP contribution in [0.15, 0.2) is 10.5 Å². The molecular formula is C19H30BrN3O. The van der Waals surface area contributed by atoms with Crippen molar-refractivity contribution >= 4 is 21.8 Å². The maximum Gasteiger partial charge on any atom is 0.228 e. The number of rotatable bonds is 5. The first-order chi connectivity index (χ1) is 11.3. The topological polar surface area (TPSA) is 49.2 Å². The lowest BCUT2D eigenvalue weighted by Crippen LogP contribution is -2.28. The van der Waals surface area contributed by atoms with Gasteiger partial charge in [-0.15, -0.1) is 0 Å². The first-order valence-corrected chi connectivity index (χ1v) is 9.76.